The van der Waals surface area contributed by atoms with E-state index in [0.717, 1.165) is 11.3 Å². The lowest BCUT2D eigenvalue weighted by atomic mass is 10.2. The molecule has 2 amide bonds. The summed E-state index contributed by atoms with van der Waals surface area (Å²) in [5.74, 6) is 0. The van der Waals surface area contributed by atoms with E-state index >= 15 is 0 Å². The first-order chi connectivity index (χ1) is 8.95. The van der Waals surface area contributed by atoms with Crippen molar-refractivity contribution in [2.24, 2.45) is 0 Å². The predicted molar refractivity (Wildman–Crippen MR) is 76.8 cm³/mol. The molecule has 0 aromatic heterocycles. The lowest BCUT2D eigenvalue weighted by Gasteiger charge is -2.35. The third kappa shape index (κ3) is 3.61. The van der Waals surface area contributed by atoms with E-state index in [1.54, 1.807) is 11.0 Å². The van der Waals surface area contributed by atoms with Gasteiger partial charge in [-0.2, -0.15) is 0 Å². The number of carbonyl (C=O) groups is 1. The van der Waals surface area contributed by atoms with Gasteiger partial charge in [0.25, 0.3) is 0 Å². The summed E-state index contributed by atoms with van der Waals surface area (Å²) in [6.45, 7) is 7.10. The Kier molecular flexibility index (Phi) is 4.32. The van der Waals surface area contributed by atoms with Gasteiger partial charge >= 0.3 is 6.03 Å². The normalized spacial score (nSPS) is 23.3. The van der Waals surface area contributed by atoms with Crippen LogP contribution >= 0.6 is 11.6 Å². The van der Waals surface area contributed by atoms with Crippen molar-refractivity contribution in [3.8, 4) is 0 Å². The molecule has 19 heavy (non-hydrogen) atoms. The molecule has 1 saturated heterocycles. The third-order valence-electron chi connectivity index (χ3n) is 3.14. The van der Waals surface area contributed by atoms with Crippen LogP contribution in [0.1, 0.15) is 19.4 Å². The zero-order chi connectivity index (χ0) is 14.0. The molecule has 0 unspecified atom stereocenters. The Morgan fingerprint density at radius 3 is 2.58 bits per heavy atom. The van der Waals surface area contributed by atoms with Gasteiger partial charge in [0.15, 0.2) is 0 Å². The lowest BCUT2D eigenvalue weighted by Crippen LogP contribution is -2.49. The fraction of sp³-hybridized carbons (Fsp3) is 0.500. The molecule has 1 heterocycles. The highest BCUT2D eigenvalue weighted by molar-refractivity contribution is 6.30. The molecule has 0 bridgehead atoms. The zero-order valence-corrected chi connectivity index (χ0v) is 12.2. The Morgan fingerprint density at radius 2 is 2.00 bits per heavy atom. The summed E-state index contributed by atoms with van der Waals surface area (Å²) in [6.07, 6.45) is 0.140. The molecular weight excluding hydrogens is 264 g/mol. The van der Waals surface area contributed by atoms with Crippen LogP contribution in [0.4, 0.5) is 10.5 Å². The number of amides is 2. The number of hydrogen-bond donors (Lipinski definition) is 1. The van der Waals surface area contributed by atoms with Gasteiger partial charge in [-0.15, -0.1) is 0 Å². The number of benzene rings is 1. The number of halogens is 1. The highest BCUT2D eigenvalue weighted by Gasteiger charge is 2.25. The van der Waals surface area contributed by atoms with Crippen LogP contribution in [0.15, 0.2) is 18.2 Å². The van der Waals surface area contributed by atoms with Crippen molar-refractivity contribution < 1.29 is 9.53 Å². The molecule has 1 N–H and O–H groups in total. The molecule has 1 aromatic carbocycles. The number of rotatable bonds is 1. The average Bonchev–Trinajstić information content (AvgIpc) is 2.31. The summed E-state index contributed by atoms with van der Waals surface area (Å²) in [4.78, 5) is 14.0. The molecule has 1 aliphatic rings. The van der Waals surface area contributed by atoms with E-state index in [0.29, 0.717) is 18.1 Å². The minimum atomic E-state index is -0.0903. The Bertz CT molecular complexity index is 469. The molecular formula is C14H19ClN2O2. The molecule has 104 valence electrons. The van der Waals surface area contributed by atoms with Gasteiger partial charge in [0, 0.05) is 23.8 Å². The van der Waals surface area contributed by atoms with E-state index in [-0.39, 0.29) is 18.2 Å². The monoisotopic (exact) mass is 282 g/mol. The number of ether oxygens (including phenoxy) is 1. The SMILES string of the molecule is Cc1cc(Cl)ccc1NC(=O)N1C[C@@H](C)O[C@H](C)C1. The van der Waals surface area contributed by atoms with Gasteiger partial charge in [0.05, 0.1) is 12.2 Å². The zero-order valence-electron chi connectivity index (χ0n) is 11.4. The van der Waals surface area contributed by atoms with E-state index in [2.05, 4.69) is 5.32 Å². The quantitative estimate of drug-likeness (QED) is 0.859. The average molecular weight is 283 g/mol. The second kappa shape index (κ2) is 5.80. The molecule has 1 aromatic rings. The van der Waals surface area contributed by atoms with Gasteiger partial charge in [-0.25, -0.2) is 4.79 Å². The Balaban J connectivity index is 2.04. The number of hydrogen-bond acceptors (Lipinski definition) is 2. The van der Waals surface area contributed by atoms with Crippen molar-refractivity contribution in [1.82, 2.24) is 4.90 Å². The lowest BCUT2D eigenvalue weighted by molar-refractivity contribution is -0.0530. The number of morpholine rings is 1. The van der Waals surface area contributed by atoms with Crippen molar-refractivity contribution in [2.75, 3.05) is 18.4 Å². The van der Waals surface area contributed by atoms with E-state index in [4.69, 9.17) is 16.3 Å². The molecule has 0 radical (unpaired) electrons. The molecule has 1 fully saturated rings. The van der Waals surface area contributed by atoms with Crippen molar-refractivity contribution in [3.05, 3.63) is 28.8 Å². The van der Waals surface area contributed by atoms with Gasteiger partial charge in [0.2, 0.25) is 0 Å². The topological polar surface area (TPSA) is 41.6 Å². The minimum Gasteiger partial charge on any atom is -0.372 e. The first-order valence-corrected chi connectivity index (χ1v) is 6.81. The first kappa shape index (κ1) is 14.2. The molecule has 5 heteroatoms. The van der Waals surface area contributed by atoms with Crippen LogP contribution < -0.4 is 5.32 Å². The van der Waals surface area contributed by atoms with Crippen molar-refractivity contribution in [2.45, 2.75) is 33.0 Å². The Hall–Kier alpha value is -1.26. The summed E-state index contributed by atoms with van der Waals surface area (Å²) >= 11 is 5.90. The van der Waals surface area contributed by atoms with Gasteiger partial charge in [-0.1, -0.05) is 11.6 Å². The van der Waals surface area contributed by atoms with E-state index in [9.17, 15) is 4.79 Å². The van der Waals surface area contributed by atoms with E-state index in [1.165, 1.54) is 0 Å². The number of nitrogens with zero attached hydrogens (tertiary/aromatic N) is 1. The summed E-state index contributed by atoms with van der Waals surface area (Å²) in [6, 6.07) is 5.34. The smallest absolute Gasteiger partial charge is 0.322 e. The fourth-order valence-electron chi connectivity index (χ4n) is 2.31. The van der Waals surface area contributed by atoms with Gasteiger partial charge in [0.1, 0.15) is 0 Å². The van der Waals surface area contributed by atoms with Crippen LogP contribution in [0.5, 0.6) is 0 Å². The third-order valence-corrected chi connectivity index (χ3v) is 3.37. The van der Waals surface area contributed by atoms with Crippen molar-refractivity contribution in [3.63, 3.8) is 0 Å². The van der Waals surface area contributed by atoms with E-state index in [1.807, 2.05) is 32.9 Å². The van der Waals surface area contributed by atoms with Crippen LogP contribution in [0.3, 0.4) is 0 Å². The fourth-order valence-corrected chi connectivity index (χ4v) is 2.53. The van der Waals surface area contributed by atoms with Crippen molar-refractivity contribution >= 4 is 23.3 Å². The van der Waals surface area contributed by atoms with Crippen LogP contribution in [-0.4, -0.2) is 36.2 Å². The standard InChI is InChI=1S/C14H19ClN2O2/c1-9-6-12(15)4-5-13(9)16-14(18)17-7-10(2)19-11(3)8-17/h4-6,10-11H,7-8H2,1-3H3,(H,16,18)/t10-,11-/m1/s1. The summed E-state index contributed by atoms with van der Waals surface area (Å²) < 4.78 is 5.62. The van der Waals surface area contributed by atoms with Gasteiger partial charge < -0.3 is 15.0 Å². The number of nitrogens with one attached hydrogen (secondary N) is 1. The number of aryl methyl sites for hydroxylation is 1. The first-order valence-electron chi connectivity index (χ1n) is 6.43. The van der Waals surface area contributed by atoms with Crippen LogP contribution in [0, 0.1) is 6.92 Å². The number of urea groups is 1. The van der Waals surface area contributed by atoms with Gasteiger partial charge in [-0.3, -0.25) is 0 Å². The van der Waals surface area contributed by atoms with Crippen LogP contribution in [0.25, 0.3) is 0 Å². The molecule has 0 spiro atoms. The maximum atomic E-state index is 12.2. The van der Waals surface area contributed by atoms with Crippen LogP contribution in [0.2, 0.25) is 5.02 Å². The molecule has 0 aliphatic carbocycles. The maximum absolute atomic E-state index is 12.2. The summed E-state index contributed by atoms with van der Waals surface area (Å²) in [7, 11) is 0. The highest BCUT2D eigenvalue weighted by atomic mass is 35.5. The van der Waals surface area contributed by atoms with Gasteiger partial charge in [-0.05, 0) is 44.5 Å². The molecule has 0 saturated carbocycles. The van der Waals surface area contributed by atoms with E-state index < -0.39 is 0 Å². The van der Waals surface area contributed by atoms with Crippen LogP contribution in [-0.2, 0) is 4.74 Å². The molecule has 2 atom stereocenters. The Morgan fingerprint density at radius 1 is 1.37 bits per heavy atom. The number of carbonyl (C=O) groups excluding carboxylic acids is 1. The van der Waals surface area contributed by atoms with Crippen molar-refractivity contribution in [1.29, 1.82) is 0 Å². The largest absolute Gasteiger partial charge is 0.372 e. The minimum absolute atomic E-state index is 0.0702. The molecule has 4 nitrogen and oxygen atoms in total. The predicted octanol–water partition coefficient (Wildman–Crippen LogP) is 3.29. The second-order valence-electron chi connectivity index (χ2n) is 5.05. The number of anilines is 1. The second-order valence-corrected chi connectivity index (χ2v) is 5.49. The summed E-state index contributed by atoms with van der Waals surface area (Å²) in [5, 5.41) is 3.59. The molecule has 1 aliphatic heterocycles. The molecule has 2 rings (SSSR count). The summed E-state index contributed by atoms with van der Waals surface area (Å²) in [5.41, 5.74) is 1.75. The highest BCUT2D eigenvalue weighted by Crippen LogP contribution is 2.20. The maximum Gasteiger partial charge on any atom is 0.322 e. The Labute approximate surface area is 118 Å².